The van der Waals surface area contributed by atoms with Gasteiger partial charge in [0.15, 0.2) is 5.82 Å². The number of halogens is 4. The van der Waals surface area contributed by atoms with E-state index in [1.165, 1.54) is 30.5 Å². The second-order valence-electron chi connectivity index (χ2n) is 15.1. The molecule has 0 radical (unpaired) electrons. The first-order valence-corrected chi connectivity index (χ1v) is 18.0. The van der Waals surface area contributed by atoms with Gasteiger partial charge in [-0.3, -0.25) is 9.88 Å². The van der Waals surface area contributed by atoms with Crippen molar-refractivity contribution < 1.29 is 32.1 Å². The number of hydrogen-bond acceptors (Lipinski definition) is 9. The lowest BCUT2D eigenvalue weighted by molar-refractivity contribution is 0.0308. The minimum Gasteiger partial charge on any atom is -0.508 e. The van der Waals surface area contributed by atoms with Gasteiger partial charge in [-0.15, -0.1) is 6.42 Å². The van der Waals surface area contributed by atoms with Crippen molar-refractivity contribution in [3.05, 3.63) is 59.3 Å². The Bertz CT molecular complexity index is 2180. The van der Waals surface area contributed by atoms with E-state index in [4.69, 9.17) is 20.9 Å². The van der Waals surface area contributed by atoms with Gasteiger partial charge in [0.2, 0.25) is 0 Å². The minimum atomic E-state index is -1.65. The summed E-state index contributed by atoms with van der Waals surface area (Å²) in [6, 6.07) is 5.55. The number of benzene rings is 2. The summed E-state index contributed by atoms with van der Waals surface area (Å²) in [5, 5.41) is 15.6. The molecule has 2 aromatic carbocycles. The number of nitrogens with zero attached hydrogens (tertiary/aromatic N) is 5. The number of nitrogens with one attached hydrogen (secondary N) is 1. The zero-order chi connectivity index (χ0) is 35.8. The average Bonchev–Trinajstić information content (AvgIpc) is 3.81. The average molecular weight is 715 g/mol. The monoisotopic (exact) mass is 714 g/mol. The number of anilines is 1. The SMILES string of the molecule is C#Cc1c(F)ccc2cc(O)cc(-c3ncc4c(N5C[C@@H]6CC[C@](C7CCOCC7)(C5)N6)nc(OC[C@@]56CCCN5CC(=C(F)F)C6)nc4c3F)c12. The molecule has 0 aliphatic carbocycles. The summed E-state index contributed by atoms with van der Waals surface area (Å²) in [6.07, 6.45) is 11.2. The number of aromatic hydroxyl groups is 1. The van der Waals surface area contributed by atoms with Crippen LogP contribution in [-0.2, 0) is 4.74 Å². The van der Waals surface area contributed by atoms with Crippen LogP contribution in [0, 0.1) is 29.9 Å². The lowest BCUT2D eigenvalue weighted by atomic mass is 9.77. The smallest absolute Gasteiger partial charge is 0.319 e. The third-order valence-electron chi connectivity index (χ3n) is 12.1. The molecule has 3 atom stereocenters. The number of fused-ring (bicyclic) bond motifs is 5. The van der Waals surface area contributed by atoms with Gasteiger partial charge in [-0.2, -0.15) is 18.7 Å². The standard InChI is InChI=1S/C39H38F4N6O3/c1-2-27-30(40)5-4-22-14-26(50)15-28(31(22)27)33-32(41)34-29(17-44-33)36(48-19-25-6-10-39(20-48,47-25)24-7-12-51-13-8-24)46-37(45-34)52-21-38-9-3-11-49(38)18-23(16-38)35(42)43/h1,4-5,14-15,17,24-25,47,50H,3,6-13,16,18-21H2/t25-,38-,39+/m0/s1. The molecule has 4 aromatic rings. The highest BCUT2D eigenvalue weighted by Gasteiger charge is 2.51. The second kappa shape index (κ2) is 12.6. The third-order valence-corrected chi connectivity index (χ3v) is 12.1. The Morgan fingerprint density at radius 3 is 2.79 bits per heavy atom. The maximum absolute atomic E-state index is 17.1. The van der Waals surface area contributed by atoms with Crippen LogP contribution in [0.15, 0.2) is 42.1 Å². The molecule has 7 heterocycles. The van der Waals surface area contributed by atoms with Crippen LogP contribution in [0.2, 0.25) is 0 Å². The number of hydrogen-bond donors (Lipinski definition) is 2. The van der Waals surface area contributed by atoms with Crippen LogP contribution >= 0.6 is 0 Å². The topological polar surface area (TPSA) is 95.9 Å². The van der Waals surface area contributed by atoms with Crippen LogP contribution in [0.3, 0.4) is 0 Å². The van der Waals surface area contributed by atoms with E-state index in [0.717, 1.165) is 32.1 Å². The van der Waals surface area contributed by atoms with Crippen LogP contribution in [0.1, 0.15) is 50.5 Å². The van der Waals surface area contributed by atoms with Crippen molar-refractivity contribution in [2.24, 2.45) is 5.92 Å². The fourth-order valence-corrected chi connectivity index (χ4v) is 9.71. The summed E-state index contributed by atoms with van der Waals surface area (Å²) in [5.74, 6) is 1.61. The Balaban J connectivity index is 1.18. The zero-order valence-electron chi connectivity index (χ0n) is 28.5. The fraction of sp³-hybridized carbons (Fsp3) is 0.462. The Labute approximate surface area is 298 Å². The van der Waals surface area contributed by atoms with E-state index in [1.54, 1.807) is 0 Å². The van der Waals surface area contributed by atoms with Crippen molar-refractivity contribution >= 4 is 27.5 Å². The highest BCUT2D eigenvalue weighted by molar-refractivity contribution is 6.03. The number of piperazine rings is 1. The van der Waals surface area contributed by atoms with Crippen molar-refractivity contribution in [1.82, 2.24) is 25.2 Å². The Hall–Kier alpha value is -4.51. The molecule has 0 spiro atoms. The van der Waals surface area contributed by atoms with Crippen LogP contribution in [0.5, 0.6) is 11.8 Å². The van der Waals surface area contributed by atoms with Crippen LogP contribution in [0.25, 0.3) is 32.9 Å². The fourth-order valence-electron chi connectivity index (χ4n) is 9.71. The first-order valence-electron chi connectivity index (χ1n) is 18.0. The summed E-state index contributed by atoms with van der Waals surface area (Å²) in [6.45, 7) is 3.61. The molecule has 13 heteroatoms. The number of ether oxygens (including phenoxy) is 2. The molecule has 2 aromatic heterocycles. The lowest BCUT2D eigenvalue weighted by Gasteiger charge is -2.47. The van der Waals surface area contributed by atoms with Crippen molar-refractivity contribution in [1.29, 1.82) is 0 Å². The number of rotatable bonds is 6. The van der Waals surface area contributed by atoms with Gasteiger partial charge >= 0.3 is 6.01 Å². The van der Waals surface area contributed by atoms with Gasteiger partial charge in [0.25, 0.3) is 6.08 Å². The van der Waals surface area contributed by atoms with Gasteiger partial charge in [-0.05, 0) is 81.0 Å². The highest BCUT2D eigenvalue weighted by atomic mass is 19.3. The molecule has 0 amide bonds. The highest BCUT2D eigenvalue weighted by Crippen LogP contribution is 2.45. The van der Waals surface area contributed by atoms with E-state index in [0.29, 0.717) is 61.8 Å². The van der Waals surface area contributed by atoms with Crippen LogP contribution in [0.4, 0.5) is 23.4 Å². The molecule has 5 saturated heterocycles. The predicted molar refractivity (Wildman–Crippen MR) is 187 cm³/mol. The second-order valence-corrected chi connectivity index (χ2v) is 15.1. The summed E-state index contributed by atoms with van der Waals surface area (Å²) >= 11 is 0. The molecule has 5 aliphatic rings. The van der Waals surface area contributed by atoms with Gasteiger partial charge in [-0.1, -0.05) is 12.0 Å². The molecule has 270 valence electrons. The first-order chi connectivity index (χ1) is 25.2. The maximum atomic E-state index is 17.1. The van der Waals surface area contributed by atoms with Crippen molar-refractivity contribution in [3.63, 3.8) is 0 Å². The molecular formula is C39H38F4N6O3. The lowest BCUT2D eigenvalue weighted by Crippen LogP contribution is -2.63. The molecule has 9 nitrogen and oxygen atoms in total. The van der Waals surface area contributed by atoms with E-state index in [2.05, 4.69) is 26.1 Å². The van der Waals surface area contributed by atoms with Crippen LogP contribution in [-0.4, -0.2) is 88.1 Å². The predicted octanol–water partition coefficient (Wildman–Crippen LogP) is 6.32. The van der Waals surface area contributed by atoms with E-state index >= 15 is 4.39 Å². The Kier molecular flexibility index (Phi) is 8.06. The third kappa shape index (κ3) is 5.37. The van der Waals surface area contributed by atoms with E-state index in [-0.39, 0.29) is 76.2 Å². The maximum Gasteiger partial charge on any atom is 0.319 e. The molecule has 0 unspecified atom stereocenters. The minimum absolute atomic E-state index is 0.0614. The Morgan fingerprint density at radius 1 is 1.13 bits per heavy atom. The molecule has 9 rings (SSSR count). The molecule has 5 aliphatic heterocycles. The quantitative estimate of drug-likeness (QED) is 0.176. The van der Waals surface area contributed by atoms with Crippen molar-refractivity contribution in [3.8, 4) is 35.4 Å². The summed E-state index contributed by atoms with van der Waals surface area (Å²) < 4.78 is 71.6. The summed E-state index contributed by atoms with van der Waals surface area (Å²) in [5.41, 5.74) is -0.881. The zero-order valence-corrected chi connectivity index (χ0v) is 28.5. The van der Waals surface area contributed by atoms with E-state index < -0.39 is 23.3 Å². The van der Waals surface area contributed by atoms with Gasteiger partial charge in [0.05, 0.1) is 16.5 Å². The van der Waals surface area contributed by atoms with Crippen molar-refractivity contribution in [2.75, 3.05) is 50.9 Å². The largest absolute Gasteiger partial charge is 0.508 e. The first kappa shape index (κ1) is 33.3. The Morgan fingerprint density at radius 2 is 1.98 bits per heavy atom. The normalized spacial score (nSPS) is 26.3. The summed E-state index contributed by atoms with van der Waals surface area (Å²) in [7, 11) is 0. The van der Waals surface area contributed by atoms with Crippen LogP contribution < -0.4 is 15.0 Å². The van der Waals surface area contributed by atoms with Crippen molar-refractivity contribution in [2.45, 2.75) is 62.1 Å². The van der Waals surface area contributed by atoms with E-state index in [9.17, 15) is 18.3 Å². The number of pyridine rings is 1. The van der Waals surface area contributed by atoms with Gasteiger partial charge < -0.3 is 24.8 Å². The number of terminal acetylenes is 1. The number of phenolic OH excluding ortho intramolecular Hbond substituents is 1. The van der Waals surface area contributed by atoms with Gasteiger partial charge in [0.1, 0.15) is 35.2 Å². The number of aromatic nitrogens is 3. The molecule has 2 bridgehead atoms. The number of phenols is 1. The molecule has 2 N–H and O–H groups in total. The van der Waals surface area contributed by atoms with Gasteiger partial charge in [-0.25, -0.2) is 8.78 Å². The van der Waals surface area contributed by atoms with E-state index in [1.807, 2.05) is 4.90 Å². The molecular weight excluding hydrogens is 676 g/mol. The van der Waals surface area contributed by atoms with Gasteiger partial charge in [0, 0.05) is 67.1 Å². The molecule has 0 saturated carbocycles. The molecule has 5 fully saturated rings. The summed E-state index contributed by atoms with van der Waals surface area (Å²) in [4.78, 5) is 18.3. The molecule has 52 heavy (non-hydrogen) atoms.